The lowest BCUT2D eigenvalue weighted by atomic mass is 10.1. The van der Waals surface area contributed by atoms with Gasteiger partial charge < -0.3 is 4.57 Å². The molecule has 0 N–H and O–H groups in total. The smallest absolute Gasteiger partial charge is 0.0870 e. The van der Waals surface area contributed by atoms with E-state index in [1.54, 1.807) is 5.01 Å². The summed E-state index contributed by atoms with van der Waals surface area (Å²) in [5.41, 5.74) is 4.52. The molecule has 3 aromatic rings. The van der Waals surface area contributed by atoms with Crippen LogP contribution in [0.2, 0.25) is 0 Å². The van der Waals surface area contributed by atoms with Crippen LogP contribution in [0.4, 0.5) is 5.69 Å². The fourth-order valence-electron chi connectivity index (χ4n) is 3.09. The number of nitrogens with zero attached hydrogens (tertiary/aromatic N) is 3. The molecule has 0 unspecified atom stereocenters. The van der Waals surface area contributed by atoms with Crippen molar-refractivity contribution in [2.24, 2.45) is 5.29 Å². The number of aryl methyl sites for hydroxylation is 1. The molecule has 0 fully saturated rings. The minimum atomic E-state index is 0.632. The Morgan fingerprint density at radius 1 is 1.11 bits per heavy atom. The first kappa shape index (κ1) is 10.6. The molecular formula is C15H13N3O. The molecule has 0 saturated carbocycles. The maximum absolute atomic E-state index is 10.9. The topological polar surface area (TPSA) is 37.6 Å². The van der Waals surface area contributed by atoms with Crippen LogP contribution in [0.5, 0.6) is 0 Å². The second-order valence-electron chi connectivity index (χ2n) is 5.05. The summed E-state index contributed by atoms with van der Waals surface area (Å²) in [5, 5.41) is 7.13. The van der Waals surface area contributed by atoms with Gasteiger partial charge in [-0.25, -0.2) is 5.01 Å². The molecule has 0 spiro atoms. The van der Waals surface area contributed by atoms with Crippen molar-refractivity contribution >= 4 is 27.5 Å². The van der Waals surface area contributed by atoms with E-state index in [-0.39, 0.29) is 0 Å². The SMILES string of the molecule is Cc1ccc2c(c1)c1cccc3c1n2CCN3N=O. The highest BCUT2D eigenvalue weighted by atomic mass is 16.3. The molecule has 0 saturated heterocycles. The number of fused-ring (bicyclic) bond motifs is 3. The Morgan fingerprint density at radius 3 is 2.84 bits per heavy atom. The molecule has 2 heterocycles. The number of anilines is 1. The molecule has 0 bridgehead atoms. The zero-order valence-corrected chi connectivity index (χ0v) is 10.6. The lowest BCUT2D eigenvalue weighted by Crippen LogP contribution is -2.26. The fraction of sp³-hybridized carbons (Fsp3) is 0.200. The Bertz CT molecular complexity index is 819. The molecule has 1 aromatic heterocycles. The highest BCUT2D eigenvalue weighted by Gasteiger charge is 2.22. The molecule has 0 amide bonds. The zero-order chi connectivity index (χ0) is 13.0. The molecule has 1 aliphatic heterocycles. The molecule has 0 atom stereocenters. The minimum Gasteiger partial charge on any atom is -0.337 e. The van der Waals surface area contributed by atoms with Crippen molar-refractivity contribution in [2.75, 3.05) is 11.6 Å². The summed E-state index contributed by atoms with van der Waals surface area (Å²) >= 11 is 0. The van der Waals surface area contributed by atoms with Crippen LogP contribution < -0.4 is 5.01 Å². The molecule has 2 aromatic carbocycles. The molecule has 1 aliphatic rings. The monoisotopic (exact) mass is 251 g/mol. The van der Waals surface area contributed by atoms with Gasteiger partial charge in [0.05, 0.1) is 23.0 Å². The molecule has 4 rings (SSSR count). The van der Waals surface area contributed by atoms with E-state index in [0.717, 1.165) is 17.7 Å². The maximum Gasteiger partial charge on any atom is 0.0870 e. The first-order valence-corrected chi connectivity index (χ1v) is 6.42. The second-order valence-corrected chi connectivity index (χ2v) is 5.05. The van der Waals surface area contributed by atoms with Gasteiger partial charge in [0.25, 0.3) is 0 Å². The Kier molecular flexibility index (Phi) is 1.98. The Hall–Kier alpha value is -2.36. The van der Waals surface area contributed by atoms with Crippen LogP contribution in [0, 0.1) is 11.8 Å². The normalized spacial score (nSPS) is 14.3. The zero-order valence-electron chi connectivity index (χ0n) is 10.6. The Balaban J connectivity index is 2.23. The lowest BCUT2D eigenvalue weighted by molar-refractivity contribution is 0.678. The molecule has 19 heavy (non-hydrogen) atoms. The first-order valence-electron chi connectivity index (χ1n) is 6.42. The standard InChI is InChI=1S/C15H13N3O/c1-10-5-6-13-12(9-10)11-3-2-4-14-15(11)17(13)7-8-18(14)16-19/h2-6,9H,7-8H2,1H3. The van der Waals surface area contributed by atoms with Crippen molar-refractivity contribution in [1.29, 1.82) is 0 Å². The van der Waals surface area contributed by atoms with Crippen LogP contribution >= 0.6 is 0 Å². The largest absolute Gasteiger partial charge is 0.337 e. The second kappa shape index (κ2) is 3.57. The van der Waals surface area contributed by atoms with E-state index < -0.39 is 0 Å². The van der Waals surface area contributed by atoms with E-state index in [2.05, 4.69) is 41.0 Å². The van der Waals surface area contributed by atoms with Crippen LogP contribution in [0.25, 0.3) is 21.8 Å². The van der Waals surface area contributed by atoms with E-state index in [4.69, 9.17) is 0 Å². The summed E-state index contributed by atoms with van der Waals surface area (Å²) in [6, 6.07) is 12.6. The lowest BCUT2D eigenvalue weighted by Gasteiger charge is -2.23. The molecule has 0 aliphatic carbocycles. The van der Waals surface area contributed by atoms with Crippen molar-refractivity contribution < 1.29 is 0 Å². The predicted octanol–water partition coefficient (Wildman–Crippen LogP) is 3.60. The summed E-state index contributed by atoms with van der Waals surface area (Å²) in [6.45, 7) is 3.53. The van der Waals surface area contributed by atoms with Crippen LogP contribution in [0.15, 0.2) is 41.7 Å². The van der Waals surface area contributed by atoms with E-state index in [9.17, 15) is 4.91 Å². The number of hydrogen-bond acceptors (Lipinski definition) is 2. The maximum atomic E-state index is 10.9. The fourth-order valence-corrected chi connectivity index (χ4v) is 3.09. The molecule has 0 radical (unpaired) electrons. The van der Waals surface area contributed by atoms with Gasteiger partial charge in [0, 0.05) is 22.8 Å². The Labute approximate surface area is 110 Å². The van der Waals surface area contributed by atoms with Crippen LogP contribution in [0.3, 0.4) is 0 Å². The van der Waals surface area contributed by atoms with Gasteiger partial charge in [0.1, 0.15) is 0 Å². The number of benzene rings is 2. The number of nitroso groups, excluding NO2 is 1. The van der Waals surface area contributed by atoms with E-state index >= 15 is 0 Å². The highest BCUT2D eigenvalue weighted by molar-refractivity contribution is 6.12. The third-order valence-corrected chi connectivity index (χ3v) is 3.93. The third-order valence-electron chi connectivity index (χ3n) is 3.93. The van der Waals surface area contributed by atoms with Gasteiger partial charge in [0.2, 0.25) is 0 Å². The van der Waals surface area contributed by atoms with Crippen molar-refractivity contribution in [1.82, 2.24) is 4.57 Å². The molecule has 94 valence electrons. The summed E-state index contributed by atoms with van der Waals surface area (Å²) in [7, 11) is 0. The van der Waals surface area contributed by atoms with Gasteiger partial charge in [-0.3, -0.25) is 0 Å². The summed E-state index contributed by atoms with van der Waals surface area (Å²) in [5.74, 6) is 0. The molecule has 4 heteroatoms. The summed E-state index contributed by atoms with van der Waals surface area (Å²) < 4.78 is 2.29. The van der Waals surface area contributed by atoms with E-state index in [0.29, 0.717) is 6.54 Å². The van der Waals surface area contributed by atoms with Crippen LogP contribution in [0.1, 0.15) is 5.56 Å². The third kappa shape index (κ3) is 1.28. The van der Waals surface area contributed by atoms with Crippen molar-refractivity contribution in [3.8, 4) is 0 Å². The molecular weight excluding hydrogens is 238 g/mol. The van der Waals surface area contributed by atoms with Gasteiger partial charge in [-0.15, -0.1) is 4.91 Å². The molecule has 4 nitrogen and oxygen atoms in total. The van der Waals surface area contributed by atoms with Gasteiger partial charge in [-0.05, 0) is 25.1 Å². The van der Waals surface area contributed by atoms with E-state index in [1.165, 1.54) is 21.9 Å². The summed E-state index contributed by atoms with van der Waals surface area (Å²) in [4.78, 5) is 10.9. The number of hydrogen-bond donors (Lipinski definition) is 0. The highest BCUT2D eigenvalue weighted by Crippen LogP contribution is 2.38. The van der Waals surface area contributed by atoms with Crippen molar-refractivity contribution in [2.45, 2.75) is 13.5 Å². The van der Waals surface area contributed by atoms with E-state index in [1.807, 2.05) is 12.1 Å². The van der Waals surface area contributed by atoms with Crippen LogP contribution in [-0.4, -0.2) is 11.1 Å². The van der Waals surface area contributed by atoms with Gasteiger partial charge in [-0.2, -0.15) is 0 Å². The van der Waals surface area contributed by atoms with Crippen molar-refractivity contribution in [3.63, 3.8) is 0 Å². The first-order chi connectivity index (χ1) is 9.29. The summed E-state index contributed by atoms with van der Waals surface area (Å²) in [6.07, 6.45) is 0. The minimum absolute atomic E-state index is 0.632. The van der Waals surface area contributed by atoms with Gasteiger partial charge >= 0.3 is 0 Å². The van der Waals surface area contributed by atoms with Gasteiger partial charge in [-0.1, -0.05) is 23.8 Å². The average Bonchev–Trinajstić information content (AvgIpc) is 2.75. The quantitative estimate of drug-likeness (QED) is 0.620. The van der Waals surface area contributed by atoms with Gasteiger partial charge in [0.15, 0.2) is 0 Å². The Morgan fingerprint density at radius 2 is 2.00 bits per heavy atom. The number of para-hydroxylation sites is 1. The number of rotatable bonds is 1. The van der Waals surface area contributed by atoms with Crippen molar-refractivity contribution in [3.05, 3.63) is 46.9 Å². The average molecular weight is 251 g/mol. The predicted molar refractivity (Wildman–Crippen MR) is 77.3 cm³/mol. The number of aromatic nitrogens is 1. The van der Waals surface area contributed by atoms with Crippen LogP contribution in [-0.2, 0) is 6.54 Å².